The molecule has 2 heterocycles. The fourth-order valence-corrected chi connectivity index (χ4v) is 6.44. The Kier molecular flexibility index (Phi) is 6.77. The molecular weight excluding hydrogens is 418 g/mol. The summed E-state index contributed by atoms with van der Waals surface area (Å²) in [5.74, 6) is 0.434. The normalized spacial score (nSPS) is 14.6. The summed E-state index contributed by atoms with van der Waals surface area (Å²) in [7, 11) is 0. The number of aromatic nitrogens is 2. The molecule has 1 amide bonds. The van der Waals surface area contributed by atoms with Gasteiger partial charge in [-0.2, -0.15) is 0 Å². The minimum Gasteiger partial charge on any atom is -0.353 e. The molecule has 152 valence electrons. The number of fused-ring (bicyclic) bond motifs is 3. The van der Waals surface area contributed by atoms with Crippen molar-refractivity contribution < 1.29 is 4.79 Å². The molecule has 0 saturated heterocycles. The Morgan fingerprint density at radius 3 is 2.79 bits per heavy atom. The van der Waals surface area contributed by atoms with Crippen LogP contribution in [-0.4, -0.2) is 33.9 Å². The second-order valence-electron chi connectivity index (χ2n) is 7.35. The van der Waals surface area contributed by atoms with Crippen molar-refractivity contribution in [1.29, 1.82) is 0 Å². The molecule has 0 saturated carbocycles. The maximum absolute atomic E-state index is 12.6. The van der Waals surface area contributed by atoms with Crippen LogP contribution < -0.4 is 5.32 Å². The molecule has 0 unspecified atom stereocenters. The highest BCUT2D eigenvalue weighted by Gasteiger charge is 2.22. The van der Waals surface area contributed by atoms with E-state index < -0.39 is 0 Å². The Hall–Kier alpha value is -1.57. The Morgan fingerprint density at radius 1 is 1.21 bits per heavy atom. The zero-order chi connectivity index (χ0) is 20.2. The quantitative estimate of drug-likeness (QED) is 0.312. The van der Waals surface area contributed by atoms with Crippen LogP contribution >= 0.6 is 34.9 Å². The molecule has 1 aromatic carbocycles. The maximum atomic E-state index is 12.6. The maximum Gasteiger partial charge on any atom is 0.230 e. The Labute approximate surface area is 184 Å². The van der Waals surface area contributed by atoms with Gasteiger partial charge in [-0.05, 0) is 56.4 Å². The largest absolute Gasteiger partial charge is 0.353 e. The molecule has 29 heavy (non-hydrogen) atoms. The number of carbonyl (C=O) groups excluding carboxylic acids is 1. The van der Waals surface area contributed by atoms with E-state index in [1.165, 1.54) is 34.2 Å². The molecule has 3 aromatic rings. The molecule has 7 heteroatoms. The van der Waals surface area contributed by atoms with Crippen LogP contribution in [0.3, 0.4) is 0 Å². The Morgan fingerprint density at radius 2 is 2.00 bits per heavy atom. The Balaban J connectivity index is 1.46. The highest BCUT2D eigenvalue weighted by atomic mass is 32.2. The number of rotatable bonds is 7. The third-order valence-corrected chi connectivity index (χ3v) is 7.78. The van der Waals surface area contributed by atoms with E-state index in [0.717, 1.165) is 34.3 Å². The molecule has 1 N–H and O–H groups in total. The lowest BCUT2D eigenvalue weighted by atomic mass is 9.97. The van der Waals surface area contributed by atoms with E-state index in [-0.39, 0.29) is 11.9 Å². The van der Waals surface area contributed by atoms with Crippen molar-refractivity contribution in [2.24, 2.45) is 0 Å². The number of aryl methyl sites for hydroxylation is 2. The molecule has 0 spiro atoms. The second-order valence-corrected chi connectivity index (χ2v) is 10.2. The Bertz CT molecular complexity index is 1000. The summed E-state index contributed by atoms with van der Waals surface area (Å²) in [5, 5.41) is 6.07. The molecule has 0 radical (unpaired) electrons. The third-order valence-electron chi connectivity index (χ3n) is 5.08. The zero-order valence-electron chi connectivity index (χ0n) is 16.7. The average molecular weight is 444 g/mol. The van der Waals surface area contributed by atoms with E-state index in [2.05, 4.69) is 24.4 Å². The van der Waals surface area contributed by atoms with Crippen LogP contribution in [0.25, 0.3) is 10.2 Å². The first kappa shape index (κ1) is 20.7. The van der Waals surface area contributed by atoms with Gasteiger partial charge in [0.25, 0.3) is 0 Å². The smallest absolute Gasteiger partial charge is 0.230 e. The molecule has 1 aliphatic carbocycles. The predicted molar refractivity (Wildman–Crippen MR) is 124 cm³/mol. The van der Waals surface area contributed by atoms with E-state index in [1.54, 1.807) is 23.5 Å². The van der Waals surface area contributed by atoms with Crippen LogP contribution in [0.4, 0.5) is 0 Å². The fraction of sp³-hybridized carbons (Fsp3) is 0.409. The first-order valence-corrected chi connectivity index (χ1v) is 13.0. The SMILES string of the molecule is CSc1nc(SCC(=O)N[C@H](C)Cc2ccccc2)c2c3c(sc2n1)CCCC3. The van der Waals surface area contributed by atoms with E-state index >= 15 is 0 Å². The van der Waals surface area contributed by atoms with Gasteiger partial charge in [-0.1, -0.05) is 53.9 Å². The van der Waals surface area contributed by atoms with Gasteiger partial charge in [0.05, 0.1) is 5.75 Å². The van der Waals surface area contributed by atoms with Crippen molar-refractivity contribution in [1.82, 2.24) is 15.3 Å². The monoisotopic (exact) mass is 443 g/mol. The fourth-order valence-electron chi connectivity index (χ4n) is 3.77. The van der Waals surface area contributed by atoms with Gasteiger partial charge in [-0.15, -0.1) is 11.3 Å². The molecule has 2 aromatic heterocycles. The van der Waals surface area contributed by atoms with E-state index in [1.807, 2.05) is 35.8 Å². The van der Waals surface area contributed by atoms with Crippen molar-refractivity contribution >= 4 is 51.0 Å². The third kappa shape index (κ3) is 4.95. The van der Waals surface area contributed by atoms with Crippen LogP contribution in [0.2, 0.25) is 0 Å². The standard InChI is InChI=1S/C22H25N3OS3/c1-14(12-15-8-4-3-5-9-15)23-18(26)13-28-20-19-16-10-6-7-11-17(16)29-21(19)25-22(24-20)27-2/h3-5,8-9,14H,6-7,10-13H2,1-2H3,(H,23,26)/t14-/m1/s1. The summed E-state index contributed by atoms with van der Waals surface area (Å²) in [6, 6.07) is 10.4. The van der Waals surface area contributed by atoms with Gasteiger partial charge in [0, 0.05) is 16.3 Å². The lowest BCUT2D eigenvalue weighted by molar-refractivity contribution is -0.119. The summed E-state index contributed by atoms with van der Waals surface area (Å²) in [4.78, 5) is 24.6. The van der Waals surface area contributed by atoms with Crippen LogP contribution in [0, 0.1) is 0 Å². The molecule has 4 rings (SSSR count). The van der Waals surface area contributed by atoms with Crippen molar-refractivity contribution in [3.8, 4) is 0 Å². The summed E-state index contributed by atoms with van der Waals surface area (Å²) in [6.07, 6.45) is 7.57. The van der Waals surface area contributed by atoms with Crippen molar-refractivity contribution in [2.75, 3.05) is 12.0 Å². The highest BCUT2D eigenvalue weighted by molar-refractivity contribution is 8.00. The second kappa shape index (κ2) is 9.49. The number of benzene rings is 1. The number of carbonyl (C=O) groups is 1. The lowest BCUT2D eigenvalue weighted by Crippen LogP contribution is -2.35. The number of nitrogens with zero attached hydrogens (tertiary/aromatic N) is 2. The van der Waals surface area contributed by atoms with Crippen LogP contribution in [-0.2, 0) is 24.1 Å². The van der Waals surface area contributed by atoms with Crippen molar-refractivity contribution in [3.05, 3.63) is 46.3 Å². The van der Waals surface area contributed by atoms with Gasteiger partial charge in [0.1, 0.15) is 9.86 Å². The van der Waals surface area contributed by atoms with E-state index in [4.69, 9.17) is 9.97 Å². The zero-order valence-corrected chi connectivity index (χ0v) is 19.2. The summed E-state index contributed by atoms with van der Waals surface area (Å²) in [5.41, 5.74) is 2.66. The van der Waals surface area contributed by atoms with Crippen LogP contribution in [0.15, 0.2) is 40.5 Å². The molecule has 1 atom stereocenters. The van der Waals surface area contributed by atoms with Crippen molar-refractivity contribution in [2.45, 2.75) is 55.3 Å². The first-order chi connectivity index (χ1) is 14.1. The molecule has 0 fully saturated rings. The van der Waals surface area contributed by atoms with Gasteiger partial charge >= 0.3 is 0 Å². The molecule has 4 nitrogen and oxygen atoms in total. The van der Waals surface area contributed by atoms with Gasteiger partial charge in [-0.25, -0.2) is 9.97 Å². The number of hydrogen-bond acceptors (Lipinski definition) is 6. The average Bonchev–Trinajstić information content (AvgIpc) is 3.11. The summed E-state index contributed by atoms with van der Waals surface area (Å²) < 4.78 is 0. The van der Waals surface area contributed by atoms with Gasteiger partial charge in [0.2, 0.25) is 5.91 Å². The van der Waals surface area contributed by atoms with E-state index in [0.29, 0.717) is 5.75 Å². The summed E-state index contributed by atoms with van der Waals surface area (Å²) in [6.45, 7) is 2.06. The van der Waals surface area contributed by atoms with E-state index in [9.17, 15) is 4.79 Å². The van der Waals surface area contributed by atoms with Gasteiger partial charge in [0.15, 0.2) is 5.16 Å². The van der Waals surface area contributed by atoms with Gasteiger partial charge in [-0.3, -0.25) is 4.79 Å². The van der Waals surface area contributed by atoms with Gasteiger partial charge < -0.3 is 5.32 Å². The minimum absolute atomic E-state index is 0.0555. The van der Waals surface area contributed by atoms with Crippen molar-refractivity contribution in [3.63, 3.8) is 0 Å². The topological polar surface area (TPSA) is 54.9 Å². The summed E-state index contributed by atoms with van der Waals surface area (Å²) >= 11 is 4.92. The van der Waals surface area contributed by atoms with Crippen LogP contribution in [0.5, 0.6) is 0 Å². The molecule has 1 aliphatic rings. The molecular formula is C22H25N3OS3. The van der Waals surface area contributed by atoms with Crippen LogP contribution in [0.1, 0.15) is 35.8 Å². The number of amides is 1. The minimum atomic E-state index is 0.0555. The molecule has 0 bridgehead atoms. The number of nitrogens with one attached hydrogen (secondary N) is 1. The highest BCUT2D eigenvalue weighted by Crippen LogP contribution is 2.40. The number of thiophene rings is 1. The number of thioether (sulfide) groups is 2. The number of hydrogen-bond donors (Lipinski definition) is 1. The molecule has 0 aliphatic heterocycles. The lowest BCUT2D eigenvalue weighted by Gasteiger charge is -2.14. The first-order valence-electron chi connectivity index (χ1n) is 9.96. The predicted octanol–water partition coefficient (Wildman–Crippen LogP) is 5.13.